The van der Waals surface area contributed by atoms with E-state index in [1.54, 1.807) is 6.08 Å². The number of aliphatic hydroxyl groups is 5. The second-order valence-corrected chi connectivity index (χ2v) is 25.0. The van der Waals surface area contributed by atoms with Crippen LogP contribution in [0.5, 0.6) is 0 Å². The van der Waals surface area contributed by atoms with E-state index in [0.29, 0.717) is 6.42 Å². The number of hydrogen-bond donors (Lipinski definition) is 6. The predicted octanol–water partition coefficient (Wildman–Crippen LogP) is 19.9. The fraction of sp³-hybridized carbons (Fsp3) is 0.827. The smallest absolute Gasteiger partial charge is 0.220 e. The number of rotatable bonds is 63. The van der Waals surface area contributed by atoms with Crippen LogP contribution < -0.4 is 5.32 Å². The molecular weight excluding hydrogens is 1040 g/mol. The molecule has 0 aromatic carbocycles. The Balaban J connectivity index is 2.05. The highest BCUT2D eigenvalue weighted by atomic mass is 16.7. The summed E-state index contributed by atoms with van der Waals surface area (Å²) in [6.45, 7) is 3.70. The van der Waals surface area contributed by atoms with E-state index in [4.69, 9.17) is 9.47 Å². The second-order valence-electron chi connectivity index (χ2n) is 25.0. The third-order valence-electron chi connectivity index (χ3n) is 17.0. The van der Waals surface area contributed by atoms with Crippen molar-refractivity contribution < 1.29 is 39.8 Å². The third-order valence-corrected chi connectivity index (χ3v) is 17.0. The number of ether oxygens (including phenoxy) is 2. The van der Waals surface area contributed by atoms with Crippen molar-refractivity contribution in [3.8, 4) is 0 Å². The van der Waals surface area contributed by atoms with E-state index in [9.17, 15) is 30.3 Å². The van der Waals surface area contributed by atoms with Crippen LogP contribution in [0.2, 0.25) is 0 Å². The molecule has 1 amide bonds. The standard InChI is InChI=1S/C75H137NO8/c1-3-5-7-9-11-13-15-17-19-21-23-25-26-27-28-29-30-31-32-33-34-35-36-37-38-39-40-41-42-43-44-45-47-49-51-53-55-57-59-61-63-65-71(79)76-68(67-83-75-74(82)73(81)72(80)70(66-77)84-75)69(78)64-62-60-58-56-54-52-50-48-46-24-22-20-18-16-14-12-10-8-6-4-2/h5,7,11,13,17,19,23,25,27-28,62,64,68-70,72-75,77-78,80-82H,3-4,6,8-10,12,14-16,18,20-22,24,26,29-61,63,65-67H2,1-2H3,(H,76,79)/b7-5-,13-11-,19-17-,25-23-,28-27-,64-62+. The molecule has 9 heteroatoms. The summed E-state index contributed by atoms with van der Waals surface area (Å²) in [5, 5.41) is 54.7. The minimum absolute atomic E-state index is 0.171. The van der Waals surface area contributed by atoms with Crippen molar-refractivity contribution in [1.82, 2.24) is 5.32 Å². The first-order chi connectivity index (χ1) is 41.3. The van der Waals surface area contributed by atoms with Crippen LogP contribution in [-0.4, -0.2) is 87.5 Å². The van der Waals surface area contributed by atoms with Gasteiger partial charge in [-0.05, 0) is 64.2 Å². The molecule has 7 unspecified atom stereocenters. The molecule has 0 aromatic heterocycles. The number of carbonyl (C=O) groups excluding carboxylic acids is 1. The quantitative estimate of drug-likeness (QED) is 0.0261. The van der Waals surface area contributed by atoms with Crippen LogP contribution in [0.15, 0.2) is 72.9 Å². The summed E-state index contributed by atoms with van der Waals surface area (Å²) in [5.41, 5.74) is 0. The molecule has 0 aromatic rings. The van der Waals surface area contributed by atoms with Crippen molar-refractivity contribution in [3.63, 3.8) is 0 Å². The Morgan fingerprint density at radius 2 is 0.738 bits per heavy atom. The summed E-state index contributed by atoms with van der Waals surface area (Å²) in [6, 6.07) is -0.806. The Morgan fingerprint density at radius 1 is 0.417 bits per heavy atom. The molecule has 84 heavy (non-hydrogen) atoms. The number of hydrogen-bond acceptors (Lipinski definition) is 8. The van der Waals surface area contributed by atoms with Crippen molar-refractivity contribution in [3.05, 3.63) is 72.9 Å². The minimum Gasteiger partial charge on any atom is -0.394 e. The molecule has 1 saturated heterocycles. The van der Waals surface area contributed by atoms with Gasteiger partial charge in [0, 0.05) is 6.42 Å². The van der Waals surface area contributed by atoms with E-state index in [1.807, 2.05) is 6.08 Å². The van der Waals surface area contributed by atoms with Gasteiger partial charge in [0.2, 0.25) is 5.91 Å². The van der Waals surface area contributed by atoms with Crippen LogP contribution in [0.25, 0.3) is 0 Å². The molecule has 1 heterocycles. The molecule has 9 nitrogen and oxygen atoms in total. The van der Waals surface area contributed by atoms with Crippen molar-refractivity contribution in [1.29, 1.82) is 0 Å². The lowest BCUT2D eigenvalue weighted by molar-refractivity contribution is -0.302. The number of unbranched alkanes of at least 4 members (excludes halogenated alkanes) is 43. The first-order valence-electron chi connectivity index (χ1n) is 36.2. The van der Waals surface area contributed by atoms with Crippen molar-refractivity contribution in [2.45, 2.75) is 384 Å². The number of amides is 1. The summed E-state index contributed by atoms with van der Waals surface area (Å²) in [4.78, 5) is 13.1. The highest BCUT2D eigenvalue weighted by Crippen LogP contribution is 2.23. The van der Waals surface area contributed by atoms with Gasteiger partial charge in [0.05, 0.1) is 25.4 Å². The summed E-state index contributed by atoms with van der Waals surface area (Å²) in [6.07, 6.45) is 83.1. The minimum atomic E-state index is -1.57. The summed E-state index contributed by atoms with van der Waals surface area (Å²) in [7, 11) is 0. The van der Waals surface area contributed by atoms with Crippen LogP contribution in [0, 0.1) is 0 Å². The number of allylic oxidation sites excluding steroid dienone is 11. The average molecular weight is 1180 g/mol. The Hall–Kier alpha value is -2.37. The Bertz CT molecular complexity index is 1560. The van der Waals surface area contributed by atoms with Crippen LogP contribution in [0.4, 0.5) is 0 Å². The molecule has 6 N–H and O–H groups in total. The SMILES string of the molecule is CC/C=C\C/C=C\C/C=C\C/C=C\C/C=C\CCCCCCCCCCCCCCCCCCCCCCCCCCCC(=O)NC(COC1OC(CO)C(O)C(O)C1O)C(O)/C=C/CCCCCCCCCCCCCCCCCCCC. The van der Waals surface area contributed by atoms with Crippen molar-refractivity contribution in [2.75, 3.05) is 13.2 Å². The maximum Gasteiger partial charge on any atom is 0.220 e. The summed E-state index contributed by atoms with van der Waals surface area (Å²) >= 11 is 0. The van der Waals surface area contributed by atoms with E-state index >= 15 is 0 Å². The molecule has 1 aliphatic rings. The highest BCUT2D eigenvalue weighted by Gasteiger charge is 2.44. The van der Waals surface area contributed by atoms with E-state index in [-0.39, 0.29) is 12.5 Å². The number of carbonyl (C=O) groups is 1. The molecule has 1 rings (SSSR count). The van der Waals surface area contributed by atoms with Gasteiger partial charge in [0.15, 0.2) is 6.29 Å². The topological polar surface area (TPSA) is 149 Å². The molecule has 0 aliphatic carbocycles. The lowest BCUT2D eigenvalue weighted by atomic mass is 9.99. The Kier molecular flexibility index (Phi) is 60.3. The molecule has 7 atom stereocenters. The van der Waals surface area contributed by atoms with Crippen LogP contribution >= 0.6 is 0 Å². The van der Waals surface area contributed by atoms with E-state index in [0.717, 1.165) is 70.6 Å². The van der Waals surface area contributed by atoms with Crippen molar-refractivity contribution in [2.24, 2.45) is 0 Å². The zero-order valence-corrected chi connectivity index (χ0v) is 54.9. The zero-order chi connectivity index (χ0) is 60.7. The summed E-state index contributed by atoms with van der Waals surface area (Å²) < 4.78 is 11.3. The van der Waals surface area contributed by atoms with E-state index in [1.165, 1.54) is 250 Å². The maximum atomic E-state index is 13.1. The predicted molar refractivity (Wildman–Crippen MR) is 359 cm³/mol. The first-order valence-corrected chi connectivity index (χ1v) is 36.2. The molecule has 0 spiro atoms. The first kappa shape index (κ1) is 79.6. The lowest BCUT2D eigenvalue weighted by Gasteiger charge is -2.40. The number of aliphatic hydroxyl groups excluding tert-OH is 5. The normalized spacial score (nSPS) is 18.6. The van der Waals surface area contributed by atoms with E-state index < -0.39 is 49.5 Å². The molecule has 0 bridgehead atoms. The molecule has 1 aliphatic heterocycles. The van der Waals surface area contributed by atoms with Gasteiger partial charge in [-0.15, -0.1) is 0 Å². The van der Waals surface area contributed by atoms with Gasteiger partial charge in [0.1, 0.15) is 24.4 Å². The van der Waals surface area contributed by atoms with Gasteiger partial charge in [-0.1, -0.05) is 344 Å². The van der Waals surface area contributed by atoms with Gasteiger partial charge in [-0.25, -0.2) is 0 Å². The Morgan fingerprint density at radius 3 is 1.10 bits per heavy atom. The van der Waals surface area contributed by atoms with Crippen LogP contribution in [0.3, 0.4) is 0 Å². The zero-order valence-electron chi connectivity index (χ0n) is 54.9. The molecular formula is C75H137NO8. The largest absolute Gasteiger partial charge is 0.394 e. The fourth-order valence-corrected chi connectivity index (χ4v) is 11.4. The fourth-order valence-electron chi connectivity index (χ4n) is 11.4. The van der Waals surface area contributed by atoms with Crippen LogP contribution in [0.1, 0.15) is 341 Å². The van der Waals surface area contributed by atoms with Gasteiger partial charge < -0.3 is 40.3 Å². The maximum absolute atomic E-state index is 13.1. The van der Waals surface area contributed by atoms with E-state index in [2.05, 4.69) is 79.9 Å². The highest BCUT2D eigenvalue weighted by molar-refractivity contribution is 5.76. The number of nitrogens with one attached hydrogen (secondary N) is 1. The van der Waals surface area contributed by atoms with Gasteiger partial charge in [-0.3, -0.25) is 4.79 Å². The third kappa shape index (κ3) is 51.7. The average Bonchev–Trinajstić information content (AvgIpc) is 3.70. The van der Waals surface area contributed by atoms with Crippen LogP contribution in [-0.2, 0) is 14.3 Å². The Labute approximate surface area is 519 Å². The van der Waals surface area contributed by atoms with Gasteiger partial charge >= 0.3 is 0 Å². The monoisotopic (exact) mass is 1180 g/mol. The molecule has 1 fully saturated rings. The van der Waals surface area contributed by atoms with Gasteiger partial charge in [-0.2, -0.15) is 0 Å². The van der Waals surface area contributed by atoms with Crippen molar-refractivity contribution >= 4 is 5.91 Å². The summed E-state index contributed by atoms with van der Waals surface area (Å²) in [5.74, 6) is -0.171. The molecule has 0 saturated carbocycles. The lowest BCUT2D eigenvalue weighted by Crippen LogP contribution is -2.60. The van der Waals surface area contributed by atoms with Gasteiger partial charge in [0.25, 0.3) is 0 Å². The molecule has 0 radical (unpaired) electrons. The molecule has 490 valence electrons. The second kappa shape index (κ2) is 63.6.